The van der Waals surface area contributed by atoms with E-state index >= 15 is 0 Å². The van der Waals surface area contributed by atoms with Gasteiger partial charge in [0.05, 0.1) is 12.1 Å². The number of para-hydroxylation sites is 1. The second kappa shape index (κ2) is 5.39. The number of carbonyl (C=O) groups is 1. The molecule has 0 aromatic heterocycles. The fraction of sp³-hybridized carbons (Fsp3) is 0.0714. The van der Waals surface area contributed by atoms with Gasteiger partial charge >= 0.3 is 0 Å². The van der Waals surface area contributed by atoms with Crippen LogP contribution in [0.2, 0.25) is 0 Å². The van der Waals surface area contributed by atoms with Gasteiger partial charge in [0.2, 0.25) is 5.91 Å². The van der Waals surface area contributed by atoms with Gasteiger partial charge in [0.25, 0.3) is 0 Å². The van der Waals surface area contributed by atoms with Crippen LogP contribution >= 0.6 is 0 Å². The van der Waals surface area contributed by atoms with E-state index < -0.39 is 11.7 Å². The summed E-state index contributed by atoms with van der Waals surface area (Å²) in [5.74, 6) is -0.948. The van der Waals surface area contributed by atoms with E-state index in [9.17, 15) is 14.3 Å². The highest BCUT2D eigenvalue weighted by molar-refractivity contribution is 5.93. The molecule has 0 saturated carbocycles. The Balaban J connectivity index is 2.10. The lowest BCUT2D eigenvalue weighted by atomic mass is 10.1. The standard InChI is InChI=1S/C14H13FN2O2/c15-11-6-5-10(16)8-12(11)17-14(19)7-9-3-1-2-4-13(9)18/h1-6,8,18H,7,16H2,(H,17,19). The quantitative estimate of drug-likeness (QED) is 0.741. The molecule has 98 valence electrons. The summed E-state index contributed by atoms with van der Waals surface area (Å²) in [5, 5.41) is 12.0. The van der Waals surface area contributed by atoms with Crippen molar-refractivity contribution in [3.8, 4) is 5.75 Å². The summed E-state index contributed by atoms with van der Waals surface area (Å²) in [5.41, 5.74) is 6.39. The molecule has 0 unspecified atom stereocenters. The second-order valence-corrected chi connectivity index (χ2v) is 4.09. The molecular weight excluding hydrogens is 247 g/mol. The molecule has 0 fully saturated rings. The fourth-order valence-electron chi connectivity index (χ4n) is 1.67. The van der Waals surface area contributed by atoms with E-state index in [0.717, 1.165) is 0 Å². The number of rotatable bonds is 3. The Morgan fingerprint density at radius 2 is 2.00 bits per heavy atom. The first-order chi connectivity index (χ1) is 9.06. The number of hydrogen-bond acceptors (Lipinski definition) is 3. The van der Waals surface area contributed by atoms with E-state index in [0.29, 0.717) is 11.3 Å². The fourth-order valence-corrected chi connectivity index (χ4v) is 1.67. The van der Waals surface area contributed by atoms with Crippen LogP contribution in [0.4, 0.5) is 15.8 Å². The van der Waals surface area contributed by atoms with Crippen molar-refractivity contribution < 1.29 is 14.3 Å². The van der Waals surface area contributed by atoms with Crippen molar-refractivity contribution in [2.75, 3.05) is 11.1 Å². The second-order valence-electron chi connectivity index (χ2n) is 4.09. The zero-order chi connectivity index (χ0) is 13.8. The molecule has 0 aliphatic carbocycles. The maximum absolute atomic E-state index is 13.4. The summed E-state index contributed by atoms with van der Waals surface area (Å²) in [6, 6.07) is 10.4. The molecule has 2 rings (SSSR count). The monoisotopic (exact) mass is 260 g/mol. The van der Waals surface area contributed by atoms with Gasteiger partial charge in [-0.2, -0.15) is 0 Å². The topological polar surface area (TPSA) is 75.3 Å². The SMILES string of the molecule is Nc1ccc(F)c(NC(=O)Cc2ccccc2O)c1. The van der Waals surface area contributed by atoms with Gasteiger partial charge in [0, 0.05) is 11.3 Å². The van der Waals surface area contributed by atoms with Crippen LogP contribution in [0.5, 0.6) is 5.75 Å². The molecule has 0 bridgehead atoms. The Kier molecular flexibility index (Phi) is 3.66. The van der Waals surface area contributed by atoms with E-state index in [1.165, 1.54) is 24.3 Å². The Morgan fingerprint density at radius 1 is 1.26 bits per heavy atom. The van der Waals surface area contributed by atoms with Crippen LogP contribution in [-0.4, -0.2) is 11.0 Å². The third-order valence-corrected chi connectivity index (χ3v) is 2.61. The lowest BCUT2D eigenvalue weighted by Crippen LogP contribution is -2.15. The first-order valence-corrected chi connectivity index (χ1v) is 5.68. The number of carbonyl (C=O) groups excluding carboxylic acids is 1. The van der Waals surface area contributed by atoms with Gasteiger partial charge in [-0.25, -0.2) is 4.39 Å². The predicted octanol–water partition coefficient (Wildman–Crippen LogP) is 2.29. The number of nitrogen functional groups attached to an aromatic ring is 1. The number of nitrogens with two attached hydrogens (primary N) is 1. The zero-order valence-electron chi connectivity index (χ0n) is 10.1. The third-order valence-electron chi connectivity index (χ3n) is 2.61. The molecule has 4 nitrogen and oxygen atoms in total. The molecule has 1 amide bonds. The highest BCUT2D eigenvalue weighted by Crippen LogP contribution is 2.19. The van der Waals surface area contributed by atoms with Crippen molar-refractivity contribution in [3.63, 3.8) is 0 Å². The predicted molar refractivity (Wildman–Crippen MR) is 71.3 cm³/mol. The number of benzene rings is 2. The van der Waals surface area contributed by atoms with Gasteiger partial charge in [-0.05, 0) is 24.3 Å². The number of phenols is 1. The van der Waals surface area contributed by atoms with E-state index in [-0.39, 0.29) is 17.9 Å². The van der Waals surface area contributed by atoms with Gasteiger partial charge in [0.1, 0.15) is 11.6 Å². The lowest BCUT2D eigenvalue weighted by molar-refractivity contribution is -0.115. The number of hydrogen-bond donors (Lipinski definition) is 3. The largest absolute Gasteiger partial charge is 0.508 e. The summed E-state index contributed by atoms with van der Waals surface area (Å²) < 4.78 is 13.4. The summed E-state index contributed by atoms with van der Waals surface area (Å²) in [6.07, 6.45) is -0.0408. The highest BCUT2D eigenvalue weighted by Gasteiger charge is 2.10. The van der Waals surface area contributed by atoms with Crippen LogP contribution in [0.3, 0.4) is 0 Å². The molecule has 0 saturated heterocycles. The average molecular weight is 260 g/mol. The van der Waals surface area contributed by atoms with Crippen molar-refractivity contribution in [2.24, 2.45) is 0 Å². The number of amides is 1. The highest BCUT2D eigenvalue weighted by atomic mass is 19.1. The smallest absolute Gasteiger partial charge is 0.229 e. The first kappa shape index (κ1) is 12.9. The average Bonchev–Trinajstić information content (AvgIpc) is 2.37. The first-order valence-electron chi connectivity index (χ1n) is 5.68. The van der Waals surface area contributed by atoms with Crippen molar-refractivity contribution in [1.82, 2.24) is 0 Å². The molecule has 0 spiro atoms. The Morgan fingerprint density at radius 3 is 2.74 bits per heavy atom. The van der Waals surface area contributed by atoms with Crippen LogP contribution in [0, 0.1) is 5.82 Å². The van der Waals surface area contributed by atoms with Gasteiger partial charge in [0.15, 0.2) is 0 Å². The lowest BCUT2D eigenvalue weighted by Gasteiger charge is -2.08. The van der Waals surface area contributed by atoms with Crippen LogP contribution in [0.25, 0.3) is 0 Å². The number of nitrogens with one attached hydrogen (secondary N) is 1. The molecule has 0 heterocycles. The minimum Gasteiger partial charge on any atom is -0.508 e. The van der Waals surface area contributed by atoms with Gasteiger partial charge in [-0.15, -0.1) is 0 Å². The van der Waals surface area contributed by atoms with Crippen molar-refractivity contribution in [3.05, 3.63) is 53.8 Å². The number of phenolic OH excluding ortho intramolecular Hbond substituents is 1. The summed E-state index contributed by atoms with van der Waals surface area (Å²) in [4.78, 5) is 11.8. The molecule has 0 atom stereocenters. The maximum Gasteiger partial charge on any atom is 0.229 e. The molecule has 4 N–H and O–H groups in total. The van der Waals surface area contributed by atoms with Crippen LogP contribution < -0.4 is 11.1 Å². The Hall–Kier alpha value is -2.56. The normalized spacial score (nSPS) is 10.2. The van der Waals surface area contributed by atoms with Gasteiger partial charge < -0.3 is 16.2 Å². The number of anilines is 2. The summed E-state index contributed by atoms with van der Waals surface area (Å²) in [6.45, 7) is 0. The van der Waals surface area contributed by atoms with Gasteiger partial charge in [-0.3, -0.25) is 4.79 Å². The molecule has 0 aliphatic heterocycles. The van der Waals surface area contributed by atoms with E-state index in [4.69, 9.17) is 5.73 Å². The molecule has 0 radical (unpaired) electrons. The van der Waals surface area contributed by atoms with Crippen LogP contribution in [-0.2, 0) is 11.2 Å². The molecule has 2 aromatic rings. The van der Waals surface area contributed by atoms with Crippen LogP contribution in [0.1, 0.15) is 5.56 Å². The number of halogens is 1. The summed E-state index contributed by atoms with van der Waals surface area (Å²) in [7, 11) is 0. The van der Waals surface area contributed by atoms with E-state index in [1.54, 1.807) is 18.2 Å². The molecule has 2 aromatic carbocycles. The van der Waals surface area contributed by atoms with Crippen LogP contribution in [0.15, 0.2) is 42.5 Å². The van der Waals surface area contributed by atoms with Gasteiger partial charge in [-0.1, -0.05) is 18.2 Å². The molecule has 5 heteroatoms. The van der Waals surface area contributed by atoms with Crippen molar-refractivity contribution in [1.29, 1.82) is 0 Å². The molecule has 19 heavy (non-hydrogen) atoms. The van der Waals surface area contributed by atoms with Crippen molar-refractivity contribution >= 4 is 17.3 Å². The Labute approximate surface area is 109 Å². The Bertz CT molecular complexity index is 614. The zero-order valence-corrected chi connectivity index (χ0v) is 10.1. The molecular formula is C14H13FN2O2. The van der Waals surface area contributed by atoms with E-state index in [2.05, 4.69) is 5.32 Å². The molecule has 0 aliphatic rings. The minimum atomic E-state index is -0.556. The maximum atomic E-state index is 13.4. The summed E-state index contributed by atoms with van der Waals surface area (Å²) >= 11 is 0. The van der Waals surface area contributed by atoms with E-state index in [1.807, 2.05) is 0 Å². The minimum absolute atomic E-state index is 0.0282. The van der Waals surface area contributed by atoms with Crippen molar-refractivity contribution in [2.45, 2.75) is 6.42 Å². The number of aromatic hydroxyl groups is 1. The third kappa shape index (κ3) is 3.22.